The average molecular weight is 264 g/mol. The first kappa shape index (κ1) is 14.1. The monoisotopic (exact) mass is 264 g/mol. The molecule has 1 aromatic rings. The number of aromatic nitrogens is 2. The van der Waals surface area contributed by atoms with Gasteiger partial charge in [-0.05, 0) is 25.7 Å². The number of rotatable bonds is 4. The van der Waals surface area contributed by atoms with Gasteiger partial charge < -0.3 is 14.9 Å². The van der Waals surface area contributed by atoms with Crippen molar-refractivity contribution in [2.75, 3.05) is 43.1 Å². The van der Waals surface area contributed by atoms with Crippen molar-refractivity contribution in [2.24, 2.45) is 5.92 Å². The van der Waals surface area contributed by atoms with Crippen LogP contribution in [0, 0.1) is 12.8 Å². The number of hydrogen-bond acceptors (Lipinski definition) is 5. The Kier molecular flexibility index (Phi) is 4.58. The summed E-state index contributed by atoms with van der Waals surface area (Å²) in [7, 11) is 1.94. The maximum Gasteiger partial charge on any atom is 0.134 e. The van der Waals surface area contributed by atoms with Crippen molar-refractivity contribution in [1.29, 1.82) is 0 Å². The van der Waals surface area contributed by atoms with E-state index in [1.54, 1.807) is 0 Å². The topological polar surface area (TPSA) is 52.5 Å². The molecule has 2 rings (SSSR count). The highest BCUT2D eigenvalue weighted by molar-refractivity contribution is 5.50. The van der Waals surface area contributed by atoms with Crippen molar-refractivity contribution in [3.05, 3.63) is 11.9 Å². The Labute approximate surface area is 115 Å². The highest BCUT2D eigenvalue weighted by Crippen LogP contribution is 2.23. The molecule has 5 heteroatoms. The van der Waals surface area contributed by atoms with E-state index in [0.717, 1.165) is 36.5 Å². The first-order valence-electron chi connectivity index (χ1n) is 7.02. The van der Waals surface area contributed by atoms with E-state index in [4.69, 9.17) is 5.11 Å². The van der Waals surface area contributed by atoms with Gasteiger partial charge in [-0.15, -0.1) is 0 Å². The summed E-state index contributed by atoms with van der Waals surface area (Å²) in [6.45, 7) is 7.10. The van der Waals surface area contributed by atoms with Crippen molar-refractivity contribution in [3.63, 3.8) is 0 Å². The minimum absolute atomic E-state index is 0.135. The van der Waals surface area contributed by atoms with E-state index in [1.807, 2.05) is 24.9 Å². The van der Waals surface area contributed by atoms with Crippen molar-refractivity contribution in [3.8, 4) is 0 Å². The Morgan fingerprint density at radius 3 is 2.68 bits per heavy atom. The number of aliphatic hydroxyl groups excluding tert-OH is 1. The van der Waals surface area contributed by atoms with Crippen LogP contribution in [0.1, 0.15) is 25.6 Å². The molecule has 0 bridgehead atoms. The quantitative estimate of drug-likeness (QED) is 0.892. The van der Waals surface area contributed by atoms with Gasteiger partial charge in [0, 0.05) is 32.7 Å². The summed E-state index contributed by atoms with van der Waals surface area (Å²) >= 11 is 0. The summed E-state index contributed by atoms with van der Waals surface area (Å²) in [6.07, 6.45) is 2.45. The number of nitrogens with zero attached hydrogens (tertiary/aromatic N) is 4. The summed E-state index contributed by atoms with van der Waals surface area (Å²) in [4.78, 5) is 13.3. The molecule has 19 heavy (non-hydrogen) atoms. The Morgan fingerprint density at radius 2 is 2.05 bits per heavy atom. The molecule has 0 saturated carbocycles. The highest BCUT2D eigenvalue weighted by Gasteiger charge is 2.18. The lowest BCUT2D eigenvalue weighted by Gasteiger charge is -2.31. The fraction of sp³-hybridized carbons (Fsp3) is 0.714. The summed E-state index contributed by atoms with van der Waals surface area (Å²) in [6, 6.07) is 2.03. The second-order valence-electron chi connectivity index (χ2n) is 5.45. The third-order valence-corrected chi connectivity index (χ3v) is 3.75. The van der Waals surface area contributed by atoms with Crippen molar-refractivity contribution in [1.82, 2.24) is 9.97 Å². The molecule has 1 aliphatic heterocycles. The van der Waals surface area contributed by atoms with E-state index < -0.39 is 0 Å². The summed E-state index contributed by atoms with van der Waals surface area (Å²) in [5.74, 6) is 3.50. The van der Waals surface area contributed by atoms with Crippen molar-refractivity contribution in [2.45, 2.75) is 26.7 Å². The van der Waals surface area contributed by atoms with Crippen LogP contribution in [0.4, 0.5) is 11.6 Å². The van der Waals surface area contributed by atoms with Gasteiger partial charge in [0.15, 0.2) is 0 Å². The lowest BCUT2D eigenvalue weighted by Crippen LogP contribution is -2.34. The molecule has 0 spiro atoms. The molecule has 0 amide bonds. The van der Waals surface area contributed by atoms with Gasteiger partial charge in [0.2, 0.25) is 0 Å². The molecule has 0 aliphatic carbocycles. The van der Waals surface area contributed by atoms with Crippen LogP contribution in [-0.2, 0) is 0 Å². The van der Waals surface area contributed by atoms with E-state index >= 15 is 0 Å². The predicted octanol–water partition coefficient (Wildman–Crippen LogP) is 1.45. The van der Waals surface area contributed by atoms with Gasteiger partial charge in [-0.3, -0.25) is 0 Å². The molecule has 1 N–H and O–H groups in total. The Balaban J connectivity index is 2.16. The molecule has 0 atom stereocenters. The average Bonchev–Trinajstić information content (AvgIpc) is 2.39. The highest BCUT2D eigenvalue weighted by atomic mass is 16.3. The van der Waals surface area contributed by atoms with Crippen LogP contribution in [0.2, 0.25) is 0 Å². The van der Waals surface area contributed by atoms with Crippen LogP contribution >= 0.6 is 0 Å². The molecule has 1 aliphatic rings. The van der Waals surface area contributed by atoms with Gasteiger partial charge in [-0.2, -0.15) is 0 Å². The zero-order chi connectivity index (χ0) is 13.8. The number of anilines is 2. The van der Waals surface area contributed by atoms with Gasteiger partial charge in [-0.25, -0.2) is 9.97 Å². The summed E-state index contributed by atoms with van der Waals surface area (Å²) in [5.41, 5.74) is 0. The molecule has 1 aromatic heterocycles. The number of hydrogen-bond donors (Lipinski definition) is 1. The van der Waals surface area contributed by atoms with E-state index in [0.29, 0.717) is 6.54 Å². The number of aryl methyl sites for hydroxylation is 1. The fourth-order valence-corrected chi connectivity index (χ4v) is 2.40. The van der Waals surface area contributed by atoms with Crippen LogP contribution in [-0.4, -0.2) is 48.4 Å². The third-order valence-electron chi connectivity index (χ3n) is 3.75. The molecule has 0 radical (unpaired) electrons. The second-order valence-corrected chi connectivity index (χ2v) is 5.45. The van der Waals surface area contributed by atoms with E-state index in [1.165, 1.54) is 12.8 Å². The number of likely N-dealkylation sites (N-methyl/N-ethyl adjacent to an activating group) is 1. The first-order chi connectivity index (χ1) is 9.10. The molecular weight excluding hydrogens is 240 g/mol. The Hall–Kier alpha value is -1.36. The molecule has 0 aromatic carbocycles. The largest absolute Gasteiger partial charge is 0.395 e. The van der Waals surface area contributed by atoms with E-state index in [9.17, 15) is 0 Å². The fourth-order valence-electron chi connectivity index (χ4n) is 2.40. The second kappa shape index (κ2) is 6.19. The SMILES string of the molecule is Cc1nc(N(C)CCO)cc(N2CCC(C)CC2)n1. The maximum absolute atomic E-state index is 9.02. The number of aliphatic hydroxyl groups is 1. The molecule has 106 valence electrons. The Morgan fingerprint density at radius 1 is 1.37 bits per heavy atom. The zero-order valence-corrected chi connectivity index (χ0v) is 12.1. The normalized spacial score (nSPS) is 16.7. The van der Waals surface area contributed by atoms with Gasteiger partial charge in [0.1, 0.15) is 17.5 Å². The molecule has 1 saturated heterocycles. The number of piperidine rings is 1. The van der Waals surface area contributed by atoms with Crippen LogP contribution < -0.4 is 9.80 Å². The van der Waals surface area contributed by atoms with Gasteiger partial charge in [0.05, 0.1) is 6.61 Å². The molecule has 5 nitrogen and oxygen atoms in total. The lowest BCUT2D eigenvalue weighted by molar-refractivity contribution is 0.304. The van der Waals surface area contributed by atoms with Crippen LogP contribution in [0.3, 0.4) is 0 Å². The van der Waals surface area contributed by atoms with E-state index in [2.05, 4.69) is 21.8 Å². The van der Waals surface area contributed by atoms with Gasteiger partial charge >= 0.3 is 0 Å². The Bertz CT molecular complexity index is 416. The van der Waals surface area contributed by atoms with Gasteiger partial charge in [0.25, 0.3) is 0 Å². The minimum atomic E-state index is 0.135. The minimum Gasteiger partial charge on any atom is -0.395 e. The van der Waals surface area contributed by atoms with Crippen LogP contribution in [0.15, 0.2) is 6.07 Å². The van der Waals surface area contributed by atoms with Gasteiger partial charge in [-0.1, -0.05) is 6.92 Å². The van der Waals surface area contributed by atoms with Crippen molar-refractivity contribution >= 4 is 11.6 Å². The zero-order valence-electron chi connectivity index (χ0n) is 12.1. The van der Waals surface area contributed by atoms with Crippen LogP contribution in [0.5, 0.6) is 0 Å². The van der Waals surface area contributed by atoms with E-state index in [-0.39, 0.29) is 6.61 Å². The third kappa shape index (κ3) is 3.56. The lowest BCUT2D eigenvalue weighted by atomic mass is 9.99. The summed E-state index contributed by atoms with van der Waals surface area (Å²) in [5, 5.41) is 9.02. The molecule has 2 heterocycles. The molecule has 0 unspecified atom stereocenters. The molecule has 1 fully saturated rings. The smallest absolute Gasteiger partial charge is 0.134 e. The predicted molar refractivity (Wildman–Crippen MR) is 77.7 cm³/mol. The van der Waals surface area contributed by atoms with Crippen LogP contribution in [0.25, 0.3) is 0 Å². The molecular formula is C14H24N4O. The van der Waals surface area contributed by atoms with Crippen molar-refractivity contribution < 1.29 is 5.11 Å². The first-order valence-corrected chi connectivity index (χ1v) is 7.02. The maximum atomic E-state index is 9.02. The standard InChI is InChI=1S/C14H24N4O/c1-11-4-6-18(7-5-11)14-10-13(15-12(2)16-14)17(3)8-9-19/h10-11,19H,4-9H2,1-3H3. The summed E-state index contributed by atoms with van der Waals surface area (Å²) < 4.78 is 0.